The summed E-state index contributed by atoms with van der Waals surface area (Å²) in [5.74, 6) is 0.234. The van der Waals surface area contributed by atoms with Gasteiger partial charge < -0.3 is 10.4 Å². The summed E-state index contributed by atoms with van der Waals surface area (Å²) >= 11 is 0. The number of carbonyl (C=O) groups is 1. The maximum atomic E-state index is 12.8. The smallest absolute Gasteiger partial charge is 0.322 e. The number of hydrogen-bond acceptors (Lipinski definition) is 4. The Bertz CT molecular complexity index is 811. The zero-order valence-electron chi connectivity index (χ0n) is 15.7. The Hall–Kier alpha value is -2.44. The molecule has 2 amide bonds. The van der Waals surface area contributed by atoms with Crippen LogP contribution in [0.25, 0.3) is 0 Å². The molecule has 0 spiro atoms. The van der Waals surface area contributed by atoms with Gasteiger partial charge in [-0.25, -0.2) is 4.79 Å². The number of benzene rings is 1. The molecule has 142 valence electrons. The summed E-state index contributed by atoms with van der Waals surface area (Å²) in [5.41, 5.74) is 3.07. The normalized spacial score (nSPS) is 24.1. The predicted molar refractivity (Wildman–Crippen MR) is 105 cm³/mol. The molecule has 3 atom stereocenters. The third-order valence-corrected chi connectivity index (χ3v) is 5.55. The number of nitrogens with one attached hydrogen (secondary N) is 1. The maximum absolute atomic E-state index is 12.8. The van der Waals surface area contributed by atoms with Crippen LogP contribution in [0.5, 0.6) is 0 Å². The van der Waals surface area contributed by atoms with E-state index in [9.17, 15) is 9.90 Å². The van der Waals surface area contributed by atoms with E-state index in [1.807, 2.05) is 55.1 Å². The van der Waals surface area contributed by atoms with Crippen LogP contribution < -0.4 is 10.2 Å². The number of aromatic nitrogens is 1. The van der Waals surface area contributed by atoms with Gasteiger partial charge in [0.05, 0.1) is 12.3 Å². The van der Waals surface area contributed by atoms with Gasteiger partial charge in [-0.15, -0.1) is 0 Å². The molecule has 2 N–H and O–H groups in total. The van der Waals surface area contributed by atoms with Crippen molar-refractivity contribution in [3.63, 3.8) is 0 Å². The molecule has 0 unspecified atom stereocenters. The third-order valence-electron chi connectivity index (χ3n) is 5.55. The number of urea groups is 1. The van der Waals surface area contributed by atoms with Crippen molar-refractivity contribution in [1.82, 2.24) is 15.2 Å². The van der Waals surface area contributed by atoms with E-state index >= 15 is 0 Å². The van der Waals surface area contributed by atoms with Crippen molar-refractivity contribution in [1.29, 1.82) is 0 Å². The highest BCUT2D eigenvalue weighted by Crippen LogP contribution is 2.48. The Balaban J connectivity index is 1.64. The minimum absolute atomic E-state index is 0.0495. The van der Waals surface area contributed by atoms with Crippen molar-refractivity contribution in [2.45, 2.75) is 44.4 Å². The van der Waals surface area contributed by atoms with E-state index in [1.165, 1.54) is 0 Å². The number of pyridine rings is 1. The molecule has 1 aromatic heterocycles. The Morgan fingerprint density at radius 2 is 2.04 bits per heavy atom. The fraction of sp³-hybridized carbons (Fsp3) is 0.429. The molecule has 4 rings (SSSR count). The van der Waals surface area contributed by atoms with Crippen LogP contribution in [-0.2, 0) is 6.54 Å². The highest BCUT2D eigenvalue weighted by atomic mass is 16.3. The van der Waals surface area contributed by atoms with Gasteiger partial charge in [0.1, 0.15) is 0 Å². The van der Waals surface area contributed by atoms with Gasteiger partial charge in [-0.3, -0.25) is 14.8 Å². The molecule has 2 aliphatic rings. The van der Waals surface area contributed by atoms with E-state index in [2.05, 4.69) is 21.3 Å². The monoisotopic (exact) mass is 366 g/mol. The molecule has 3 heterocycles. The number of amides is 2. The minimum atomic E-state index is -0.0684. The molecule has 0 radical (unpaired) electrons. The first-order valence-electron chi connectivity index (χ1n) is 9.53. The van der Waals surface area contributed by atoms with Gasteiger partial charge in [-0.2, -0.15) is 0 Å². The molecule has 27 heavy (non-hydrogen) atoms. The van der Waals surface area contributed by atoms with Crippen LogP contribution in [0.2, 0.25) is 0 Å². The van der Waals surface area contributed by atoms with E-state index in [4.69, 9.17) is 0 Å². The second-order valence-corrected chi connectivity index (χ2v) is 7.61. The van der Waals surface area contributed by atoms with Crippen molar-refractivity contribution in [3.05, 3.63) is 59.9 Å². The van der Waals surface area contributed by atoms with Crippen molar-refractivity contribution < 1.29 is 9.90 Å². The zero-order chi connectivity index (χ0) is 19.0. The first-order valence-corrected chi connectivity index (χ1v) is 9.53. The van der Waals surface area contributed by atoms with Crippen molar-refractivity contribution in [3.8, 4) is 0 Å². The molecular formula is C21H26N4O2. The summed E-state index contributed by atoms with van der Waals surface area (Å²) in [6, 6.07) is 14.2. The van der Waals surface area contributed by atoms with Crippen molar-refractivity contribution in [2.24, 2.45) is 0 Å². The van der Waals surface area contributed by atoms with Gasteiger partial charge in [-0.1, -0.05) is 24.3 Å². The molecule has 1 saturated heterocycles. The summed E-state index contributed by atoms with van der Waals surface area (Å²) in [6.07, 6.45) is 1.79. The number of rotatable bonds is 4. The van der Waals surface area contributed by atoms with Gasteiger partial charge in [-0.05, 0) is 37.6 Å². The zero-order valence-corrected chi connectivity index (χ0v) is 15.7. The van der Waals surface area contributed by atoms with Crippen LogP contribution >= 0.6 is 0 Å². The summed E-state index contributed by atoms with van der Waals surface area (Å²) in [7, 11) is 0. The fourth-order valence-corrected chi connectivity index (χ4v) is 4.40. The topological polar surface area (TPSA) is 68.7 Å². The van der Waals surface area contributed by atoms with Gasteiger partial charge in [0, 0.05) is 49.0 Å². The number of nitrogens with zero attached hydrogens (tertiary/aromatic N) is 3. The molecule has 1 aromatic carbocycles. The lowest BCUT2D eigenvalue weighted by Gasteiger charge is -2.59. The van der Waals surface area contributed by atoms with Gasteiger partial charge >= 0.3 is 6.03 Å². The molecule has 1 fully saturated rings. The first-order chi connectivity index (χ1) is 13.1. The van der Waals surface area contributed by atoms with Gasteiger partial charge in [0.2, 0.25) is 0 Å². The maximum Gasteiger partial charge on any atom is 0.322 e. The standard InChI is InChI=1S/C21H26N4O2/c1-14(2)23-21(27)25-12-18-20(16-8-3-4-9-17(16)25)19(13-26)24(18)11-15-7-5-6-10-22-15/h3-10,14,18-20,26H,11-13H2,1-2H3,(H,23,27)/t18-,19+,20+/m0/s1. The second kappa shape index (κ2) is 7.29. The molecule has 0 saturated carbocycles. The van der Waals surface area contributed by atoms with Crippen LogP contribution in [0.1, 0.15) is 31.0 Å². The molecule has 0 aliphatic carbocycles. The highest BCUT2D eigenvalue weighted by molar-refractivity contribution is 5.94. The average molecular weight is 366 g/mol. The summed E-state index contributed by atoms with van der Waals surface area (Å²) in [4.78, 5) is 21.3. The Kier molecular flexibility index (Phi) is 4.85. The number of likely N-dealkylation sites (tertiary alicyclic amines) is 1. The van der Waals surface area contributed by atoms with Gasteiger partial charge in [0.15, 0.2) is 0 Å². The van der Waals surface area contributed by atoms with Gasteiger partial charge in [0.25, 0.3) is 0 Å². The lowest BCUT2D eigenvalue weighted by atomic mass is 9.72. The van der Waals surface area contributed by atoms with E-state index in [0.717, 1.165) is 16.9 Å². The van der Waals surface area contributed by atoms with Crippen molar-refractivity contribution >= 4 is 11.7 Å². The highest BCUT2D eigenvalue weighted by Gasteiger charge is 2.53. The van der Waals surface area contributed by atoms with Crippen LogP contribution in [-0.4, -0.2) is 52.3 Å². The Morgan fingerprint density at radius 3 is 2.74 bits per heavy atom. The number of hydrogen-bond donors (Lipinski definition) is 2. The number of aliphatic hydroxyl groups is 1. The second-order valence-electron chi connectivity index (χ2n) is 7.61. The van der Waals surface area contributed by atoms with E-state index in [0.29, 0.717) is 13.1 Å². The lowest BCUT2D eigenvalue weighted by molar-refractivity contribution is -0.0493. The molecule has 6 nitrogen and oxygen atoms in total. The summed E-state index contributed by atoms with van der Waals surface area (Å²) < 4.78 is 0. The lowest BCUT2D eigenvalue weighted by Crippen LogP contribution is -2.69. The Morgan fingerprint density at radius 1 is 1.26 bits per heavy atom. The van der Waals surface area contributed by atoms with E-state index in [-0.39, 0.29) is 36.7 Å². The van der Waals surface area contributed by atoms with Crippen LogP contribution in [0.3, 0.4) is 0 Å². The molecular weight excluding hydrogens is 340 g/mol. The van der Waals surface area contributed by atoms with Crippen LogP contribution in [0.15, 0.2) is 48.7 Å². The molecule has 2 aromatic rings. The summed E-state index contributed by atoms with van der Waals surface area (Å²) in [6.45, 7) is 5.32. The number of aliphatic hydroxyl groups excluding tert-OH is 1. The average Bonchev–Trinajstić information content (AvgIpc) is 2.66. The Labute approximate surface area is 159 Å². The van der Waals surface area contributed by atoms with E-state index in [1.54, 1.807) is 6.20 Å². The number of para-hydroxylation sites is 1. The van der Waals surface area contributed by atoms with Crippen LogP contribution in [0, 0.1) is 0 Å². The largest absolute Gasteiger partial charge is 0.395 e. The minimum Gasteiger partial charge on any atom is -0.395 e. The number of fused-ring (bicyclic) bond motifs is 3. The summed E-state index contributed by atoms with van der Waals surface area (Å²) in [5, 5.41) is 13.0. The van der Waals surface area contributed by atoms with Crippen molar-refractivity contribution in [2.75, 3.05) is 18.1 Å². The third kappa shape index (κ3) is 3.19. The molecule has 2 aliphatic heterocycles. The van der Waals surface area contributed by atoms with E-state index < -0.39 is 0 Å². The predicted octanol–water partition coefficient (Wildman–Crippen LogP) is 2.35. The fourth-order valence-electron chi connectivity index (χ4n) is 4.40. The number of carbonyl (C=O) groups excluding carboxylic acids is 1. The molecule has 6 heteroatoms. The number of anilines is 1. The van der Waals surface area contributed by atoms with Crippen LogP contribution in [0.4, 0.5) is 10.5 Å². The first kappa shape index (κ1) is 17.9. The SMILES string of the molecule is CC(C)NC(=O)N1C[C@H]2[C@@H](c3ccccc31)[C@@H](CO)N2Cc1ccccn1. The quantitative estimate of drug-likeness (QED) is 0.872. The molecule has 0 bridgehead atoms.